The summed E-state index contributed by atoms with van der Waals surface area (Å²) in [6.07, 6.45) is 2.04. The molecule has 1 fully saturated rings. The molecule has 7 nitrogen and oxygen atoms in total. The molecule has 1 aliphatic carbocycles. The van der Waals surface area contributed by atoms with Crippen LogP contribution >= 0.6 is 0 Å². The standard InChI is InChI=1S/C19H24N2O5/c1-19(2,3)25-18(24)20-12-8-10-13(11-9-12)26-21-16(22)14-6-4-5-7-15(14)17(21)23/h4-7,12-13H,8-11H2,1-3H3,(H,20,24)/t12-,13+. The predicted molar refractivity (Wildman–Crippen MR) is 93.4 cm³/mol. The number of imide groups is 1. The molecule has 1 aliphatic heterocycles. The van der Waals surface area contributed by atoms with Crippen LogP contribution in [0.1, 0.15) is 67.2 Å². The first-order chi connectivity index (χ1) is 12.2. The van der Waals surface area contributed by atoms with E-state index in [-0.39, 0.29) is 12.1 Å². The number of hydrogen-bond donors (Lipinski definition) is 1. The van der Waals surface area contributed by atoms with Gasteiger partial charge in [-0.15, -0.1) is 5.06 Å². The van der Waals surface area contributed by atoms with E-state index in [2.05, 4.69) is 5.32 Å². The molecule has 140 valence electrons. The van der Waals surface area contributed by atoms with Gasteiger partial charge in [-0.05, 0) is 58.6 Å². The van der Waals surface area contributed by atoms with Crippen molar-refractivity contribution in [1.29, 1.82) is 0 Å². The van der Waals surface area contributed by atoms with Crippen LogP contribution in [0.25, 0.3) is 0 Å². The van der Waals surface area contributed by atoms with Crippen molar-refractivity contribution in [3.63, 3.8) is 0 Å². The van der Waals surface area contributed by atoms with Crippen molar-refractivity contribution in [2.24, 2.45) is 0 Å². The Kier molecular flexibility index (Phi) is 5.00. The molecule has 2 aliphatic rings. The highest BCUT2D eigenvalue weighted by molar-refractivity contribution is 6.20. The summed E-state index contributed by atoms with van der Waals surface area (Å²) >= 11 is 0. The summed E-state index contributed by atoms with van der Waals surface area (Å²) < 4.78 is 5.26. The molecule has 1 aromatic carbocycles. The Hall–Kier alpha value is -2.41. The number of alkyl carbamates (subject to hydrolysis) is 1. The fourth-order valence-electron chi connectivity index (χ4n) is 3.20. The maximum Gasteiger partial charge on any atom is 0.407 e. The second-order valence-electron chi connectivity index (χ2n) is 7.68. The maximum atomic E-state index is 12.3. The molecule has 0 saturated heterocycles. The van der Waals surface area contributed by atoms with Crippen LogP contribution < -0.4 is 5.32 Å². The van der Waals surface area contributed by atoms with Crippen LogP contribution in [0, 0.1) is 0 Å². The molecule has 0 radical (unpaired) electrons. The number of fused-ring (bicyclic) bond motifs is 1. The van der Waals surface area contributed by atoms with Gasteiger partial charge in [0.1, 0.15) is 5.60 Å². The zero-order valence-electron chi connectivity index (χ0n) is 15.3. The Labute approximate surface area is 152 Å². The summed E-state index contributed by atoms with van der Waals surface area (Å²) in [6.45, 7) is 5.46. The average Bonchev–Trinajstić information content (AvgIpc) is 2.80. The lowest BCUT2D eigenvalue weighted by Crippen LogP contribution is -2.43. The van der Waals surface area contributed by atoms with E-state index in [1.807, 2.05) is 20.8 Å². The lowest BCUT2D eigenvalue weighted by atomic mass is 9.93. The summed E-state index contributed by atoms with van der Waals surface area (Å²) in [7, 11) is 0. The van der Waals surface area contributed by atoms with Crippen LogP contribution in [0.15, 0.2) is 24.3 Å². The van der Waals surface area contributed by atoms with Gasteiger partial charge in [-0.2, -0.15) is 0 Å². The molecular weight excluding hydrogens is 336 g/mol. The predicted octanol–water partition coefficient (Wildman–Crippen LogP) is 3.05. The van der Waals surface area contributed by atoms with Crippen LogP contribution in [0.2, 0.25) is 0 Å². The van der Waals surface area contributed by atoms with Crippen molar-refractivity contribution in [3.05, 3.63) is 35.4 Å². The number of hydrogen-bond acceptors (Lipinski definition) is 5. The van der Waals surface area contributed by atoms with Crippen LogP contribution in [-0.4, -0.2) is 40.7 Å². The first-order valence-electron chi connectivity index (χ1n) is 8.89. The van der Waals surface area contributed by atoms with Gasteiger partial charge in [-0.25, -0.2) is 4.79 Å². The topological polar surface area (TPSA) is 84.9 Å². The molecule has 26 heavy (non-hydrogen) atoms. The molecular formula is C19H24N2O5. The Morgan fingerprint density at radius 3 is 2.08 bits per heavy atom. The largest absolute Gasteiger partial charge is 0.444 e. The summed E-state index contributed by atoms with van der Waals surface area (Å²) in [5.41, 5.74) is 0.214. The first-order valence-corrected chi connectivity index (χ1v) is 8.89. The van der Waals surface area contributed by atoms with E-state index >= 15 is 0 Å². The third-order valence-corrected chi connectivity index (χ3v) is 4.41. The number of rotatable bonds is 3. The summed E-state index contributed by atoms with van der Waals surface area (Å²) in [5, 5.41) is 3.73. The molecule has 1 N–H and O–H groups in total. The minimum Gasteiger partial charge on any atom is -0.444 e. The lowest BCUT2D eigenvalue weighted by molar-refractivity contribution is -0.142. The molecule has 3 amide bonds. The van der Waals surface area contributed by atoms with Crippen molar-refractivity contribution >= 4 is 17.9 Å². The van der Waals surface area contributed by atoms with Gasteiger partial charge >= 0.3 is 6.09 Å². The number of carbonyl (C=O) groups is 3. The molecule has 3 rings (SSSR count). The smallest absolute Gasteiger partial charge is 0.407 e. The number of carbonyl (C=O) groups excluding carboxylic acids is 3. The highest BCUT2D eigenvalue weighted by Crippen LogP contribution is 2.27. The third kappa shape index (κ3) is 4.04. The normalized spacial score (nSPS) is 23.0. The number of amides is 3. The van der Waals surface area contributed by atoms with Crippen LogP contribution in [0.4, 0.5) is 4.79 Å². The van der Waals surface area contributed by atoms with Crippen LogP contribution in [-0.2, 0) is 9.57 Å². The van der Waals surface area contributed by atoms with E-state index < -0.39 is 23.5 Å². The average molecular weight is 360 g/mol. The number of nitrogens with zero attached hydrogens (tertiary/aromatic N) is 1. The molecule has 1 heterocycles. The molecule has 0 bridgehead atoms. The zero-order chi connectivity index (χ0) is 18.9. The van der Waals surface area contributed by atoms with Gasteiger partial charge in [0, 0.05) is 6.04 Å². The van der Waals surface area contributed by atoms with E-state index in [0.717, 1.165) is 5.06 Å². The highest BCUT2D eigenvalue weighted by Gasteiger charge is 2.38. The fraction of sp³-hybridized carbons (Fsp3) is 0.526. The summed E-state index contributed by atoms with van der Waals surface area (Å²) in [6, 6.07) is 6.70. The molecule has 7 heteroatoms. The van der Waals surface area contributed by atoms with Gasteiger partial charge in [-0.3, -0.25) is 14.4 Å². The Morgan fingerprint density at radius 1 is 1.04 bits per heavy atom. The van der Waals surface area contributed by atoms with Crippen molar-refractivity contribution in [3.8, 4) is 0 Å². The second kappa shape index (κ2) is 7.07. The molecule has 0 atom stereocenters. The molecule has 0 unspecified atom stereocenters. The number of hydroxylamine groups is 2. The van der Waals surface area contributed by atoms with E-state index in [1.54, 1.807) is 24.3 Å². The Morgan fingerprint density at radius 2 is 1.58 bits per heavy atom. The van der Waals surface area contributed by atoms with Gasteiger partial charge in [-0.1, -0.05) is 12.1 Å². The van der Waals surface area contributed by atoms with Crippen molar-refractivity contribution < 1.29 is 24.0 Å². The lowest BCUT2D eigenvalue weighted by Gasteiger charge is -2.31. The molecule has 0 aromatic heterocycles. The Bertz CT molecular complexity index is 682. The summed E-state index contributed by atoms with van der Waals surface area (Å²) in [5.74, 6) is -0.834. The van der Waals surface area contributed by atoms with Crippen LogP contribution in [0.3, 0.4) is 0 Å². The minimum atomic E-state index is -0.532. The minimum absolute atomic E-state index is 0.00637. The van der Waals surface area contributed by atoms with E-state index in [1.165, 1.54) is 0 Å². The highest BCUT2D eigenvalue weighted by atomic mass is 16.7. The monoisotopic (exact) mass is 360 g/mol. The van der Waals surface area contributed by atoms with Gasteiger partial charge in [0.05, 0.1) is 17.2 Å². The number of benzene rings is 1. The maximum absolute atomic E-state index is 12.3. The SMILES string of the molecule is CC(C)(C)OC(=O)N[C@H]1CC[C@@H](ON2C(=O)c3ccccc3C2=O)CC1. The zero-order valence-corrected chi connectivity index (χ0v) is 15.3. The van der Waals surface area contributed by atoms with Gasteiger partial charge in [0.15, 0.2) is 0 Å². The van der Waals surface area contributed by atoms with Crippen LogP contribution in [0.5, 0.6) is 0 Å². The van der Waals surface area contributed by atoms with Gasteiger partial charge in [0.25, 0.3) is 11.8 Å². The summed E-state index contributed by atoms with van der Waals surface area (Å²) in [4.78, 5) is 42.2. The third-order valence-electron chi connectivity index (χ3n) is 4.41. The van der Waals surface area contributed by atoms with Crippen molar-refractivity contribution in [2.45, 2.75) is 64.2 Å². The van der Waals surface area contributed by atoms with E-state index in [4.69, 9.17) is 9.57 Å². The van der Waals surface area contributed by atoms with Crippen molar-refractivity contribution in [2.75, 3.05) is 0 Å². The van der Waals surface area contributed by atoms with E-state index in [0.29, 0.717) is 36.8 Å². The van der Waals surface area contributed by atoms with E-state index in [9.17, 15) is 14.4 Å². The number of ether oxygens (including phenoxy) is 1. The number of nitrogens with one attached hydrogen (secondary N) is 1. The molecule has 1 saturated carbocycles. The van der Waals surface area contributed by atoms with Crippen molar-refractivity contribution in [1.82, 2.24) is 10.4 Å². The fourth-order valence-corrected chi connectivity index (χ4v) is 3.20. The second-order valence-corrected chi connectivity index (χ2v) is 7.68. The molecule has 0 spiro atoms. The quantitative estimate of drug-likeness (QED) is 0.838. The first kappa shape index (κ1) is 18.4. The molecule has 1 aromatic rings. The van der Waals surface area contributed by atoms with Gasteiger partial charge < -0.3 is 10.1 Å². The Balaban J connectivity index is 1.50. The van der Waals surface area contributed by atoms with Gasteiger partial charge in [0.2, 0.25) is 0 Å².